The number of hydrogen-bond donors (Lipinski definition) is 1. The lowest BCUT2D eigenvalue weighted by Crippen LogP contribution is -2.36. The van der Waals surface area contributed by atoms with E-state index >= 15 is 0 Å². The summed E-state index contributed by atoms with van der Waals surface area (Å²) in [6.45, 7) is 4.72. The van der Waals surface area contributed by atoms with Gasteiger partial charge in [0.1, 0.15) is 0 Å². The Balaban J connectivity index is 2.57. The lowest BCUT2D eigenvalue weighted by atomic mass is 9.97. The Morgan fingerprint density at radius 2 is 1.79 bits per heavy atom. The van der Waals surface area contributed by atoms with Crippen molar-refractivity contribution in [3.63, 3.8) is 0 Å². The highest BCUT2D eigenvalue weighted by atomic mass is 32.1. The summed E-state index contributed by atoms with van der Waals surface area (Å²) in [5.74, 6) is 1.43. The smallest absolute Gasteiger partial charge is 0.229 e. The van der Waals surface area contributed by atoms with Crippen LogP contribution in [-0.2, 0) is 9.59 Å². The summed E-state index contributed by atoms with van der Waals surface area (Å²) in [5.41, 5.74) is 0. The molecule has 14 heavy (non-hydrogen) atoms. The predicted molar refractivity (Wildman–Crippen MR) is 58.1 cm³/mol. The Bertz CT molecular complexity index is 224. The second kappa shape index (κ2) is 4.82. The maximum absolute atomic E-state index is 11.3. The number of rotatable bonds is 4. The van der Waals surface area contributed by atoms with Crippen molar-refractivity contribution < 1.29 is 9.59 Å². The molecule has 0 aromatic rings. The fraction of sp³-hybridized carbons (Fsp3) is 0.800. The summed E-state index contributed by atoms with van der Waals surface area (Å²) in [6, 6.07) is 0. The molecule has 1 fully saturated rings. The second-order valence-corrected chi connectivity index (χ2v) is 4.45. The van der Waals surface area contributed by atoms with E-state index in [1.165, 1.54) is 4.90 Å². The maximum atomic E-state index is 11.3. The average molecular weight is 215 g/mol. The molecule has 1 aliphatic rings. The van der Waals surface area contributed by atoms with Gasteiger partial charge in [-0.3, -0.25) is 14.5 Å². The van der Waals surface area contributed by atoms with Gasteiger partial charge in [-0.25, -0.2) is 0 Å². The van der Waals surface area contributed by atoms with Crippen LogP contribution in [0.3, 0.4) is 0 Å². The normalized spacial score (nSPS) is 19.6. The van der Waals surface area contributed by atoms with Crippen molar-refractivity contribution in [3.8, 4) is 0 Å². The Hall–Kier alpha value is -0.510. The Kier molecular flexibility index (Phi) is 3.98. The van der Waals surface area contributed by atoms with E-state index in [1.54, 1.807) is 0 Å². The maximum Gasteiger partial charge on any atom is 0.229 e. The molecule has 3 nitrogen and oxygen atoms in total. The summed E-state index contributed by atoms with van der Waals surface area (Å²) in [6.07, 6.45) is 0.770. The van der Waals surface area contributed by atoms with Crippen molar-refractivity contribution in [1.82, 2.24) is 4.90 Å². The van der Waals surface area contributed by atoms with Crippen molar-refractivity contribution in [3.05, 3.63) is 0 Å². The molecule has 0 N–H and O–H groups in total. The molecule has 1 rings (SSSR count). The minimum atomic E-state index is -0.0255. The van der Waals surface area contributed by atoms with Gasteiger partial charge in [-0.05, 0) is 17.6 Å². The quantitative estimate of drug-likeness (QED) is 0.567. The highest BCUT2D eigenvalue weighted by Gasteiger charge is 2.31. The number of imide groups is 1. The van der Waals surface area contributed by atoms with Crippen molar-refractivity contribution in [2.45, 2.75) is 26.7 Å². The summed E-state index contributed by atoms with van der Waals surface area (Å²) >= 11 is 4.24. The number of likely N-dealkylation sites (tertiary alicyclic amines) is 1. The zero-order valence-corrected chi connectivity index (χ0v) is 9.59. The third-order valence-corrected chi connectivity index (χ3v) is 3.22. The van der Waals surface area contributed by atoms with Crippen LogP contribution in [0.5, 0.6) is 0 Å². The first kappa shape index (κ1) is 11.6. The molecule has 0 aromatic carbocycles. The molecular formula is C10H17NO2S. The van der Waals surface area contributed by atoms with E-state index in [9.17, 15) is 9.59 Å². The topological polar surface area (TPSA) is 37.4 Å². The summed E-state index contributed by atoms with van der Waals surface area (Å²) in [4.78, 5) is 24.1. The van der Waals surface area contributed by atoms with Crippen molar-refractivity contribution >= 4 is 24.4 Å². The van der Waals surface area contributed by atoms with Gasteiger partial charge in [0.2, 0.25) is 11.8 Å². The van der Waals surface area contributed by atoms with E-state index < -0.39 is 0 Å². The molecule has 0 aliphatic carbocycles. The van der Waals surface area contributed by atoms with E-state index in [2.05, 4.69) is 26.5 Å². The molecule has 1 atom stereocenters. The molecule has 0 spiro atoms. The van der Waals surface area contributed by atoms with Gasteiger partial charge >= 0.3 is 0 Å². The van der Waals surface area contributed by atoms with Gasteiger partial charge in [-0.1, -0.05) is 13.8 Å². The summed E-state index contributed by atoms with van der Waals surface area (Å²) < 4.78 is 0. The van der Waals surface area contributed by atoms with Crippen molar-refractivity contribution in [2.75, 3.05) is 12.3 Å². The van der Waals surface area contributed by atoms with Crippen LogP contribution in [0.4, 0.5) is 0 Å². The van der Waals surface area contributed by atoms with Crippen molar-refractivity contribution in [1.29, 1.82) is 0 Å². The molecular weight excluding hydrogens is 198 g/mol. The monoisotopic (exact) mass is 215 g/mol. The van der Waals surface area contributed by atoms with Gasteiger partial charge in [-0.15, -0.1) is 0 Å². The van der Waals surface area contributed by atoms with Crippen LogP contribution in [0.15, 0.2) is 0 Å². The van der Waals surface area contributed by atoms with Gasteiger partial charge in [0.15, 0.2) is 0 Å². The number of thiol groups is 1. The molecule has 1 aliphatic heterocycles. The van der Waals surface area contributed by atoms with Gasteiger partial charge in [0.25, 0.3) is 0 Å². The van der Waals surface area contributed by atoms with Crippen molar-refractivity contribution in [2.24, 2.45) is 11.8 Å². The lowest BCUT2D eigenvalue weighted by molar-refractivity contribution is -0.139. The van der Waals surface area contributed by atoms with Crippen LogP contribution < -0.4 is 0 Å². The predicted octanol–water partition coefficient (Wildman–Crippen LogP) is 1.34. The number of hydrogen-bond acceptors (Lipinski definition) is 3. The third kappa shape index (κ3) is 2.50. The van der Waals surface area contributed by atoms with Gasteiger partial charge in [0, 0.05) is 19.4 Å². The number of nitrogens with zero attached hydrogens (tertiary/aromatic N) is 1. The average Bonchev–Trinajstić information content (AvgIpc) is 2.43. The SMILES string of the molecule is CC(C)C(CS)CN1C(=O)CCC1=O. The van der Waals surface area contributed by atoms with Crippen LogP contribution in [0.2, 0.25) is 0 Å². The zero-order valence-electron chi connectivity index (χ0n) is 8.69. The Morgan fingerprint density at radius 3 is 2.14 bits per heavy atom. The number of amides is 2. The van der Waals surface area contributed by atoms with Gasteiger partial charge < -0.3 is 0 Å². The fourth-order valence-electron chi connectivity index (χ4n) is 1.54. The van der Waals surface area contributed by atoms with Crippen LogP contribution in [0, 0.1) is 11.8 Å². The molecule has 0 bridgehead atoms. The Labute approximate surface area is 90.3 Å². The first-order valence-corrected chi connectivity index (χ1v) is 5.63. The molecule has 80 valence electrons. The van der Waals surface area contributed by atoms with Crippen LogP contribution in [-0.4, -0.2) is 29.0 Å². The van der Waals surface area contributed by atoms with Crippen LogP contribution in [0.25, 0.3) is 0 Å². The molecule has 1 saturated heterocycles. The second-order valence-electron chi connectivity index (χ2n) is 4.08. The summed E-state index contributed by atoms with van der Waals surface area (Å²) in [5, 5.41) is 0. The van der Waals surface area contributed by atoms with E-state index in [0.29, 0.717) is 37.0 Å². The number of carbonyl (C=O) groups is 2. The van der Waals surface area contributed by atoms with Crippen LogP contribution in [0.1, 0.15) is 26.7 Å². The van der Waals surface area contributed by atoms with Crippen LogP contribution >= 0.6 is 12.6 Å². The molecule has 2 amide bonds. The number of carbonyl (C=O) groups excluding carboxylic acids is 2. The molecule has 0 aromatic heterocycles. The largest absolute Gasteiger partial charge is 0.282 e. The lowest BCUT2D eigenvalue weighted by Gasteiger charge is -2.23. The first-order chi connectivity index (χ1) is 6.56. The van der Waals surface area contributed by atoms with Gasteiger partial charge in [0.05, 0.1) is 0 Å². The van der Waals surface area contributed by atoms with Gasteiger partial charge in [-0.2, -0.15) is 12.6 Å². The summed E-state index contributed by atoms with van der Waals surface area (Å²) in [7, 11) is 0. The third-order valence-electron chi connectivity index (χ3n) is 2.75. The molecule has 0 saturated carbocycles. The first-order valence-electron chi connectivity index (χ1n) is 5.00. The highest BCUT2D eigenvalue weighted by Crippen LogP contribution is 2.19. The molecule has 0 radical (unpaired) electrons. The molecule has 4 heteroatoms. The minimum Gasteiger partial charge on any atom is -0.282 e. The van der Waals surface area contributed by atoms with E-state index in [1.807, 2.05) is 0 Å². The standard InChI is InChI=1S/C10H17NO2S/c1-7(2)8(6-14)5-11-9(12)3-4-10(11)13/h7-8,14H,3-6H2,1-2H3. The van der Waals surface area contributed by atoms with E-state index in [0.717, 1.165) is 0 Å². The molecule has 1 unspecified atom stereocenters. The highest BCUT2D eigenvalue weighted by molar-refractivity contribution is 7.80. The fourth-order valence-corrected chi connectivity index (χ4v) is 2.08. The van der Waals surface area contributed by atoms with E-state index in [-0.39, 0.29) is 11.8 Å². The minimum absolute atomic E-state index is 0.0255. The zero-order chi connectivity index (χ0) is 10.7. The van der Waals surface area contributed by atoms with E-state index in [4.69, 9.17) is 0 Å². The molecule has 1 heterocycles. The Morgan fingerprint density at radius 1 is 1.29 bits per heavy atom.